The normalized spacial score (nSPS) is 10.8. The Bertz CT molecular complexity index is 794. The largest absolute Gasteiger partial charge is 0.380 e. The van der Waals surface area contributed by atoms with Crippen LogP contribution >= 0.6 is 15.9 Å². The predicted octanol–water partition coefficient (Wildman–Crippen LogP) is 4.80. The van der Waals surface area contributed by atoms with Crippen LogP contribution in [-0.2, 0) is 0 Å². The molecule has 0 spiro atoms. The van der Waals surface area contributed by atoms with Crippen molar-refractivity contribution >= 4 is 21.7 Å². The summed E-state index contributed by atoms with van der Waals surface area (Å²) < 4.78 is 20.0. The van der Waals surface area contributed by atoms with Crippen molar-refractivity contribution in [1.82, 2.24) is 5.16 Å². The number of halogens is 2. The highest BCUT2D eigenvalue weighted by Crippen LogP contribution is 2.40. The maximum atomic E-state index is 14.2. The second-order valence-corrected chi connectivity index (χ2v) is 5.59. The maximum Gasteiger partial charge on any atom is 0.181 e. The topological polar surface area (TPSA) is 52.0 Å². The molecule has 0 radical (unpaired) electrons. The van der Waals surface area contributed by atoms with Crippen molar-refractivity contribution in [2.24, 2.45) is 0 Å². The third-order valence-corrected chi connectivity index (χ3v) is 3.88. The molecule has 3 aromatic rings. The summed E-state index contributed by atoms with van der Waals surface area (Å²) in [7, 11) is 0. The minimum absolute atomic E-state index is 0.241. The summed E-state index contributed by atoms with van der Waals surface area (Å²) in [6, 6.07) is 12.5. The Labute approximate surface area is 129 Å². The lowest BCUT2D eigenvalue weighted by molar-refractivity contribution is 0.433. The highest BCUT2D eigenvalue weighted by atomic mass is 79.9. The Morgan fingerprint density at radius 3 is 2.62 bits per heavy atom. The van der Waals surface area contributed by atoms with Gasteiger partial charge in [0.15, 0.2) is 11.6 Å². The summed E-state index contributed by atoms with van der Waals surface area (Å²) in [4.78, 5) is 0. The Kier molecular flexibility index (Phi) is 3.51. The molecule has 2 N–H and O–H groups in total. The molecule has 1 aromatic heterocycles. The fraction of sp³-hybridized carbons (Fsp3) is 0.0625. The van der Waals surface area contributed by atoms with Crippen LogP contribution in [0.5, 0.6) is 0 Å². The zero-order chi connectivity index (χ0) is 15.0. The van der Waals surface area contributed by atoms with E-state index in [9.17, 15) is 4.39 Å². The third-order valence-electron chi connectivity index (χ3n) is 3.22. The van der Waals surface area contributed by atoms with Gasteiger partial charge in [0.2, 0.25) is 0 Å². The lowest BCUT2D eigenvalue weighted by Gasteiger charge is -2.06. The van der Waals surface area contributed by atoms with Gasteiger partial charge in [-0.25, -0.2) is 4.39 Å². The van der Waals surface area contributed by atoms with Crippen LogP contribution in [0, 0.1) is 12.7 Å². The maximum absolute atomic E-state index is 14.2. The van der Waals surface area contributed by atoms with Gasteiger partial charge in [-0.15, -0.1) is 0 Å². The molecule has 3 rings (SSSR count). The van der Waals surface area contributed by atoms with Crippen molar-refractivity contribution in [3.05, 3.63) is 58.3 Å². The van der Waals surface area contributed by atoms with E-state index in [1.807, 2.05) is 31.2 Å². The highest BCUT2D eigenvalue weighted by Gasteiger charge is 2.22. The second kappa shape index (κ2) is 5.33. The second-order valence-electron chi connectivity index (χ2n) is 4.74. The van der Waals surface area contributed by atoms with Gasteiger partial charge in [0, 0.05) is 4.47 Å². The van der Waals surface area contributed by atoms with E-state index in [-0.39, 0.29) is 5.82 Å². The molecular formula is C16H12BrFN2O. The Hall–Kier alpha value is -2.14. The van der Waals surface area contributed by atoms with E-state index in [1.54, 1.807) is 12.1 Å². The molecule has 5 heteroatoms. The first kappa shape index (κ1) is 13.8. The molecule has 0 aliphatic rings. The van der Waals surface area contributed by atoms with Crippen molar-refractivity contribution < 1.29 is 8.91 Å². The van der Waals surface area contributed by atoms with Crippen molar-refractivity contribution in [3.63, 3.8) is 0 Å². The summed E-state index contributed by atoms with van der Waals surface area (Å²) in [5, 5.41) is 3.80. The van der Waals surface area contributed by atoms with Crippen molar-refractivity contribution in [1.29, 1.82) is 0 Å². The summed E-state index contributed by atoms with van der Waals surface area (Å²) >= 11 is 3.35. The van der Waals surface area contributed by atoms with Crippen LogP contribution in [0.4, 0.5) is 10.2 Å². The van der Waals surface area contributed by atoms with Crippen LogP contribution in [0.15, 0.2) is 51.5 Å². The smallest absolute Gasteiger partial charge is 0.181 e. The number of rotatable bonds is 2. The molecule has 0 bridgehead atoms. The molecule has 106 valence electrons. The molecule has 0 aliphatic carbocycles. The fourth-order valence-electron chi connectivity index (χ4n) is 2.27. The number of anilines is 1. The zero-order valence-electron chi connectivity index (χ0n) is 11.2. The van der Waals surface area contributed by atoms with Gasteiger partial charge in [-0.2, -0.15) is 0 Å². The van der Waals surface area contributed by atoms with E-state index >= 15 is 0 Å². The average molecular weight is 347 g/mol. The third kappa shape index (κ3) is 2.45. The molecule has 0 aliphatic heterocycles. The van der Waals surface area contributed by atoms with Gasteiger partial charge in [0.1, 0.15) is 5.82 Å². The number of hydrogen-bond acceptors (Lipinski definition) is 3. The van der Waals surface area contributed by atoms with Gasteiger partial charge in [-0.1, -0.05) is 41.1 Å². The molecule has 0 saturated heterocycles. The van der Waals surface area contributed by atoms with Gasteiger partial charge in [0.25, 0.3) is 0 Å². The minimum atomic E-state index is -0.394. The SMILES string of the molecule is Cc1cccc(-c2c(N)noc2-c2c(F)cccc2Br)c1. The van der Waals surface area contributed by atoms with Crippen LogP contribution in [-0.4, -0.2) is 5.16 Å². The molecule has 0 atom stereocenters. The molecule has 3 nitrogen and oxygen atoms in total. The Morgan fingerprint density at radius 1 is 1.14 bits per heavy atom. The first-order valence-corrected chi connectivity index (χ1v) is 7.14. The van der Waals surface area contributed by atoms with E-state index in [0.717, 1.165) is 11.1 Å². The van der Waals surface area contributed by atoms with E-state index < -0.39 is 5.82 Å². The number of nitrogen functional groups attached to an aromatic ring is 1. The molecule has 2 aromatic carbocycles. The van der Waals surface area contributed by atoms with Gasteiger partial charge in [0.05, 0.1) is 11.1 Å². The van der Waals surface area contributed by atoms with Crippen molar-refractivity contribution in [3.8, 4) is 22.5 Å². The van der Waals surface area contributed by atoms with Gasteiger partial charge < -0.3 is 10.3 Å². The number of benzene rings is 2. The monoisotopic (exact) mass is 346 g/mol. The molecule has 0 unspecified atom stereocenters. The summed E-state index contributed by atoms with van der Waals surface area (Å²) in [5.74, 6) is 0.170. The van der Waals surface area contributed by atoms with Crippen LogP contribution in [0.25, 0.3) is 22.5 Å². The minimum Gasteiger partial charge on any atom is -0.380 e. The first-order chi connectivity index (χ1) is 10.1. The lowest BCUT2D eigenvalue weighted by Crippen LogP contribution is -1.91. The van der Waals surface area contributed by atoms with Gasteiger partial charge in [-0.3, -0.25) is 0 Å². The quantitative estimate of drug-likeness (QED) is 0.724. The fourth-order valence-corrected chi connectivity index (χ4v) is 2.79. The van der Waals surface area contributed by atoms with Crippen LogP contribution < -0.4 is 5.73 Å². The van der Waals surface area contributed by atoms with Crippen LogP contribution in [0.3, 0.4) is 0 Å². The van der Waals surface area contributed by atoms with Crippen LogP contribution in [0.1, 0.15) is 5.56 Å². The van der Waals surface area contributed by atoms with Gasteiger partial charge >= 0.3 is 0 Å². The standard InChI is InChI=1S/C16H12BrFN2O/c1-9-4-2-5-10(8-9)13-15(21-20-16(13)19)14-11(17)6-3-7-12(14)18/h2-8H,1H3,(H2,19,20). The van der Waals surface area contributed by atoms with E-state index in [4.69, 9.17) is 10.3 Å². The number of nitrogens with two attached hydrogens (primary N) is 1. The number of nitrogens with zero attached hydrogens (tertiary/aromatic N) is 1. The van der Waals surface area contributed by atoms with Crippen molar-refractivity contribution in [2.45, 2.75) is 6.92 Å². The number of aryl methyl sites for hydroxylation is 1. The molecule has 1 heterocycles. The van der Waals surface area contributed by atoms with E-state index in [1.165, 1.54) is 6.07 Å². The summed E-state index contributed by atoms with van der Waals surface area (Å²) in [6.45, 7) is 1.98. The van der Waals surface area contributed by atoms with E-state index in [0.29, 0.717) is 21.4 Å². The molecular weight excluding hydrogens is 335 g/mol. The molecule has 0 saturated carbocycles. The molecule has 0 fully saturated rings. The number of aromatic nitrogens is 1. The molecule has 21 heavy (non-hydrogen) atoms. The van der Waals surface area contributed by atoms with Crippen molar-refractivity contribution in [2.75, 3.05) is 5.73 Å². The molecule has 0 amide bonds. The Balaban J connectivity index is 2.27. The lowest BCUT2D eigenvalue weighted by atomic mass is 10.00. The first-order valence-electron chi connectivity index (χ1n) is 6.34. The Morgan fingerprint density at radius 2 is 1.90 bits per heavy atom. The zero-order valence-corrected chi connectivity index (χ0v) is 12.8. The average Bonchev–Trinajstić information content (AvgIpc) is 2.80. The highest BCUT2D eigenvalue weighted by molar-refractivity contribution is 9.10. The number of hydrogen-bond donors (Lipinski definition) is 1. The van der Waals surface area contributed by atoms with Crippen LogP contribution in [0.2, 0.25) is 0 Å². The summed E-state index contributed by atoms with van der Waals surface area (Å²) in [6.07, 6.45) is 0. The summed E-state index contributed by atoms with van der Waals surface area (Å²) in [5.41, 5.74) is 8.76. The van der Waals surface area contributed by atoms with E-state index in [2.05, 4.69) is 21.1 Å². The predicted molar refractivity (Wildman–Crippen MR) is 84.2 cm³/mol. The van der Waals surface area contributed by atoms with Gasteiger partial charge in [-0.05, 0) is 40.5 Å².